The number of nitrogens with zero attached hydrogens (tertiary/aromatic N) is 3. The number of Topliss-reactive ketones (excluding diaryl/α,β-unsaturated/α-hetero) is 1. The summed E-state index contributed by atoms with van der Waals surface area (Å²) < 4.78 is 18.1. The number of aromatic nitrogens is 3. The van der Waals surface area contributed by atoms with E-state index >= 15 is 0 Å². The second kappa shape index (κ2) is 9.74. The Kier molecular flexibility index (Phi) is 6.61. The molecule has 2 aromatic carbocycles. The Labute approximate surface area is 190 Å². The van der Waals surface area contributed by atoms with Crippen molar-refractivity contribution in [2.45, 2.75) is 18.6 Å². The number of carbonyl (C=O) groups is 1. The van der Waals surface area contributed by atoms with Gasteiger partial charge >= 0.3 is 0 Å². The van der Waals surface area contributed by atoms with Crippen molar-refractivity contribution in [3.63, 3.8) is 0 Å². The van der Waals surface area contributed by atoms with E-state index in [4.69, 9.17) is 13.9 Å². The van der Waals surface area contributed by atoms with E-state index in [1.54, 1.807) is 38.7 Å². The summed E-state index contributed by atoms with van der Waals surface area (Å²) in [7, 11) is 3.11. The number of carbonyl (C=O) groups excluding carboxylic acids is 1. The first kappa shape index (κ1) is 21.7. The topological polar surface area (TPSA) is 79.4 Å². The average Bonchev–Trinajstić information content (AvgIpc) is 3.48. The van der Waals surface area contributed by atoms with E-state index in [0.717, 1.165) is 22.7 Å². The molecule has 0 amide bonds. The highest BCUT2D eigenvalue weighted by molar-refractivity contribution is 7.99. The van der Waals surface area contributed by atoms with Crippen LogP contribution in [0.3, 0.4) is 0 Å². The van der Waals surface area contributed by atoms with Gasteiger partial charge in [-0.2, -0.15) is 0 Å². The normalized spacial score (nSPS) is 10.8. The first-order chi connectivity index (χ1) is 15.6. The second-order valence-electron chi connectivity index (χ2n) is 7.07. The standard InChI is InChI=1S/C24H23N3O4S/c1-16-7-4-5-9-19(16)23-25-26-24(27(23)14-18-8-6-12-31-18)32-15-20(28)17-10-11-21(29-2)22(13-17)30-3/h4-13H,14-15H2,1-3H3. The third-order valence-electron chi connectivity index (χ3n) is 5.03. The van der Waals surface area contributed by atoms with Gasteiger partial charge in [0.2, 0.25) is 0 Å². The number of furan rings is 1. The highest BCUT2D eigenvalue weighted by Crippen LogP contribution is 2.30. The maximum atomic E-state index is 12.9. The third kappa shape index (κ3) is 4.55. The van der Waals surface area contributed by atoms with Gasteiger partial charge in [-0.25, -0.2) is 0 Å². The molecule has 4 aromatic rings. The van der Waals surface area contributed by atoms with Crippen LogP contribution in [-0.2, 0) is 6.54 Å². The number of hydrogen-bond donors (Lipinski definition) is 0. The molecule has 0 atom stereocenters. The second-order valence-corrected chi connectivity index (χ2v) is 8.01. The first-order valence-electron chi connectivity index (χ1n) is 10.00. The number of ketones is 1. The Morgan fingerprint density at radius 1 is 1.03 bits per heavy atom. The van der Waals surface area contributed by atoms with Gasteiger partial charge in [-0.05, 0) is 42.8 Å². The Bertz CT molecular complexity index is 1220. The predicted octanol–water partition coefficient (Wildman–Crippen LogP) is 4.89. The predicted molar refractivity (Wildman–Crippen MR) is 123 cm³/mol. The van der Waals surface area contributed by atoms with Crippen molar-refractivity contribution in [2.75, 3.05) is 20.0 Å². The van der Waals surface area contributed by atoms with Crippen LogP contribution >= 0.6 is 11.8 Å². The molecule has 0 saturated heterocycles. The molecule has 0 saturated carbocycles. The summed E-state index contributed by atoms with van der Waals surface area (Å²) in [6.07, 6.45) is 1.64. The van der Waals surface area contributed by atoms with E-state index in [-0.39, 0.29) is 11.5 Å². The molecule has 4 rings (SSSR count). The van der Waals surface area contributed by atoms with Gasteiger partial charge in [-0.3, -0.25) is 9.36 Å². The number of benzene rings is 2. The zero-order valence-electron chi connectivity index (χ0n) is 18.1. The van der Waals surface area contributed by atoms with Crippen LogP contribution in [0.2, 0.25) is 0 Å². The van der Waals surface area contributed by atoms with E-state index in [1.807, 2.05) is 47.9 Å². The highest BCUT2D eigenvalue weighted by atomic mass is 32.2. The minimum Gasteiger partial charge on any atom is -0.493 e. The van der Waals surface area contributed by atoms with Crippen LogP contribution in [0.5, 0.6) is 11.5 Å². The SMILES string of the molecule is COc1ccc(C(=O)CSc2nnc(-c3ccccc3C)n2Cc2ccco2)cc1OC. The maximum Gasteiger partial charge on any atom is 0.192 e. The van der Waals surface area contributed by atoms with Gasteiger partial charge in [0, 0.05) is 11.1 Å². The van der Waals surface area contributed by atoms with Crippen molar-refractivity contribution in [3.05, 3.63) is 77.7 Å². The van der Waals surface area contributed by atoms with Gasteiger partial charge in [-0.15, -0.1) is 10.2 Å². The molecule has 2 heterocycles. The number of ether oxygens (including phenoxy) is 2. The molecule has 0 aliphatic rings. The van der Waals surface area contributed by atoms with E-state index in [2.05, 4.69) is 10.2 Å². The summed E-state index contributed by atoms with van der Waals surface area (Å²) in [5.74, 6) is 2.79. The molecule has 0 radical (unpaired) electrons. The van der Waals surface area contributed by atoms with E-state index < -0.39 is 0 Å². The number of hydrogen-bond acceptors (Lipinski definition) is 7. The molecule has 0 fully saturated rings. The fourth-order valence-corrected chi connectivity index (χ4v) is 4.17. The van der Waals surface area contributed by atoms with Crippen LogP contribution in [0.1, 0.15) is 21.7 Å². The van der Waals surface area contributed by atoms with Crippen LogP contribution in [-0.4, -0.2) is 40.5 Å². The lowest BCUT2D eigenvalue weighted by Gasteiger charge is -2.11. The van der Waals surface area contributed by atoms with Crippen LogP contribution in [0.4, 0.5) is 0 Å². The molecular weight excluding hydrogens is 426 g/mol. The summed E-state index contributed by atoms with van der Waals surface area (Å²) in [5, 5.41) is 9.46. The first-order valence-corrected chi connectivity index (χ1v) is 11.0. The van der Waals surface area contributed by atoms with Crippen molar-refractivity contribution < 1.29 is 18.7 Å². The van der Waals surface area contributed by atoms with Gasteiger partial charge < -0.3 is 13.9 Å². The number of thioether (sulfide) groups is 1. The van der Waals surface area contributed by atoms with Crippen LogP contribution in [0, 0.1) is 6.92 Å². The van der Waals surface area contributed by atoms with E-state index in [1.165, 1.54) is 11.8 Å². The third-order valence-corrected chi connectivity index (χ3v) is 6.00. The fraction of sp³-hybridized carbons (Fsp3) is 0.208. The van der Waals surface area contributed by atoms with Crippen molar-refractivity contribution in [1.29, 1.82) is 0 Å². The molecule has 0 unspecified atom stereocenters. The van der Waals surface area contributed by atoms with E-state index in [9.17, 15) is 4.79 Å². The summed E-state index contributed by atoms with van der Waals surface area (Å²) in [6.45, 7) is 2.51. The lowest BCUT2D eigenvalue weighted by Crippen LogP contribution is -2.07. The molecule has 8 heteroatoms. The van der Waals surface area contributed by atoms with Gasteiger partial charge in [0.05, 0.1) is 32.8 Å². The minimum atomic E-state index is -0.0408. The highest BCUT2D eigenvalue weighted by Gasteiger charge is 2.19. The summed E-state index contributed by atoms with van der Waals surface area (Å²) in [4.78, 5) is 12.9. The molecule has 32 heavy (non-hydrogen) atoms. The Balaban J connectivity index is 1.60. The minimum absolute atomic E-state index is 0.0408. The Morgan fingerprint density at radius 3 is 2.56 bits per heavy atom. The molecule has 7 nitrogen and oxygen atoms in total. The zero-order valence-corrected chi connectivity index (χ0v) is 18.9. The maximum absolute atomic E-state index is 12.9. The number of rotatable bonds is 9. The molecule has 0 bridgehead atoms. The largest absolute Gasteiger partial charge is 0.493 e. The fourth-order valence-electron chi connectivity index (χ4n) is 3.34. The van der Waals surface area contributed by atoms with Gasteiger partial charge in [0.1, 0.15) is 5.76 Å². The summed E-state index contributed by atoms with van der Waals surface area (Å²) >= 11 is 1.34. The van der Waals surface area contributed by atoms with Gasteiger partial charge in [0.25, 0.3) is 0 Å². The van der Waals surface area contributed by atoms with Crippen molar-refractivity contribution in [1.82, 2.24) is 14.8 Å². The lowest BCUT2D eigenvalue weighted by molar-refractivity contribution is 0.102. The summed E-state index contributed by atoms with van der Waals surface area (Å²) in [6, 6.07) is 16.9. The quantitative estimate of drug-likeness (QED) is 0.266. The van der Waals surface area contributed by atoms with Crippen molar-refractivity contribution in [3.8, 4) is 22.9 Å². The van der Waals surface area contributed by atoms with Crippen LogP contribution in [0.15, 0.2) is 70.4 Å². The Hall–Kier alpha value is -3.52. The van der Waals surface area contributed by atoms with Crippen molar-refractivity contribution >= 4 is 17.5 Å². The Morgan fingerprint density at radius 2 is 1.84 bits per heavy atom. The lowest BCUT2D eigenvalue weighted by atomic mass is 10.1. The average molecular weight is 450 g/mol. The molecule has 0 aliphatic carbocycles. The van der Waals surface area contributed by atoms with Crippen LogP contribution in [0.25, 0.3) is 11.4 Å². The van der Waals surface area contributed by atoms with Crippen LogP contribution < -0.4 is 9.47 Å². The monoisotopic (exact) mass is 449 g/mol. The zero-order chi connectivity index (χ0) is 22.5. The van der Waals surface area contributed by atoms with E-state index in [0.29, 0.717) is 28.8 Å². The summed E-state index contributed by atoms with van der Waals surface area (Å²) in [5.41, 5.74) is 2.63. The smallest absolute Gasteiger partial charge is 0.192 e. The molecule has 0 spiro atoms. The number of methoxy groups -OCH3 is 2. The molecule has 2 aromatic heterocycles. The molecule has 0 N–H and O–H groups in total. The van der Waals surface area contributed by atoms with Crippen molar-refractivity contribution in [2.24, 2.45) is 0 Å². The molecular formula is C24H23N3O4S. The molecule has 164 valence electrons. The van der Waals surface area contributed by atoms with Gasteiger partial charge in [-0.1, -0.05) is 36.0 Å². The number of aryl methyl sites for hydroxylation is 1. The molecule has 0 aliphatic heterocycles. The van der Waals surface area contributed by atoms with Gasteiger partial charge in [0.15, 0.2) is 28.3 Å².